The molecule has 41 heavy (non-hydrogen) atoms. The van der Waals surface area contributed by atoms with Gasteiger partial charge in [0.15, 0.2) is 0 Å². The molecule has 0 aliphatic heterocycles. The van der Waals surface area contributed by atoms with Crippen LogP contribution in [-0.4, -0.2) is 0 Å². The first-order chi connectivity index (χ1) is 20.4. The predicted molar refractivity (Wildman–Crippen MR) is 175 cm³/mol. The van der Waals surface area contributed by atoms with Crippen molar-refractivity contribution in [1.29, 1.82) is 0 Å². The minimum Gasteiger partial charge on any atom is -0.311 e. The van der Waals surface area contributed by atoms with E-state index in [-0.39, 0.29) is 0 Å². The summed E-state index contributed by atoms with van der Waals surface area (Å²) < 4.78 is 0. The van der Waals surface area contributed by atoms with Crippen LogP contribution in [0.2, 0.25) is 0 Å². The van der Waals surface area contributed by atoms with E-state index in [2.05, 4.69) is 181 Å². The van der Waals surface area contributed by atoms with Gasteiger partial charge in [0.05, 0.1) is 0 Å². The highest BCUT2D eigenvalue weighted by molar-refractivity contribution is 6.10. The van der Waals surface area contributed by atoms with Gasteiger partial charge in [-0.2, -0.15) is 0 Å². The van der Waals surface area contributed by atoms with Gasteiger partial charge in [-0.3, -0.25) is 0 Å². The van der Waals surface area contributed by atoms with Gasteiger partial charge in [-0.1, -0.05) is 133 Å². The molecule has 0 unspecified atom stereocenters. The number of anilines is 3. The van der Waals surface area contributed by atoms with Gasteiger partial charge in [0.1, 0.15) is 0 Å². The summed E-state index contributed by atoms with van der Waals surface area (Å²) in [4.78, 5) is 2.30. The second-order valence-electron chi connectivity index (χ2n) is 10.2. The van der Waals surface area contributed by atoms with Crippen molar-refractivity contribution in [3.05, 3.63) is 176 Å². The average Bonchev–Trinajstić information content (AvgIpc) is 3.06. The van der Waals surface area contributed by atoms with Crippen LogP contribution in [0.5, 0.6) is 0 Å². The molecule has 0 fully saturated rings. The summed E-state index contributed by atoms with van der Waals surface area (Å²) in [5, 5.41) is 2.52. The van der Waals surface area contributed by atoms with Crippen molar-refractivity contribution < 1.29 is 0 Å². The molecule has 0 spiro atoms. The highest BCUT2D eigenvalue weighted by Gasteiger charge is 2.17. The Morgan fingerprint density at radius 1 is 0.293 bits per heavy atom. The molecule has 0 atom stereocenters. The lowest BCUT2D eigenvalue weighted by Gasteiger charge is -2.26. The van der Waals surface area contributed by atoms with Crippen molar-refractivity contribution in [3.63, 3.8) is 0 Å². The Morgan fingerprint density at radius 2 is 0.707 bits per heavy atom. The molecule has 7 aromatic carbocycles. The van der Waals surface area contributed by atoms with E-state index in [1.165, 1.54) is 44.2 Å². The zero-order chi connectivity index (χ0) is 27.4. The fraction of sp³-hybridized carbons (Fsp3) is 0. The molecule has 0 bridgehead atoms. The Kier molecular flexibility index (Phi) is 6.61. The Balaban J connectivity index is 1.43. The third-order valence-corrected chi connectivity index (χ3v) is 7.66. The molecule has 0 radical (unpaired) electrons. The number of hydrogen-bond acceptors (Lipinski definition) is 1. The van der Waals surface area contributed by atoms with Gasteiger partial charge in [-0.15, -0.1) is 0 Å². The minimum absolute atomic E-state index is 1.12. The summed E-state index contributed by atoms with van der Waals surface area (Å²) in [5.41, 5.74) is 10.8. The molecule has 0 amide bonds. The number of benzene rings is 7. The monoisotopic (exact) mass is 523 g/mol. The van der Waals surface area contributed by atoms with Crippen molar-refractivity contribution >= 4 is 27.8 Å². The third-order valence-electron chi connectivity index (χ3n) is 7.66. The number of fused-ring (bicyclic) bond motifs is 1. The Morgan fingerprint density at radius 3 is 1.27 bits per heavy atom. The first kappa shape index (κ1) is 24.6. The summed E-state index contributed by atoms with van der Waals surface area (Å²) in [6.07, 6.45) is 0. The van der Waals surface area contributed by atoms with Gasteiger partial charge in [0, 0.05) is 17.1 Å². The quantitative estimate of drug-likeness (QED) is 0.209. The van der Waals surface area contributed by atoms with E-state index in [0.29, 0.717) is 0 Å². The number of hydrogen-bond donors (Lipinski definition) is 0. The highest BCUT2D eigenvalue weighted by atomic mass is 15.1. The van der Waals surface area contributed by atoms with Crippen LogP contribution in [0.15, 0.2) is 176 Å². The van der Waals surface area contributed by atoms with E-state index in [4.69, 9.17) is 0 Å². The molecule has 1 heteroatoms. The summed E-state index contributed by atoms with van der Waals surface area (Å²) >= 11 is 0. The summed E-state index contributed by atoms with van der Waals surface area (Å²) in [7, 11) is 0. The summed E-state index contributed by atoms with van der Waals surface area (Å²) in [6, 6.07) is 62.8. The smallest absolute Gasteiger partial charge is 0.0462 e. The van der Waals surface area contributed by atoms with Crippen molar-refractivity contribution in [2.24, 2.45) is 0 Å². The van der Waals surface area contributed by atoms with Crippen molar-refractivity contribution in [1.82, 2.24) is 0 Å². The predicted octanol–water partition coefficient (Wildman–Crippen LogP) is 11.3. The molecule has 0 saturated heterocycles. The SMILES string of the molecule is c1ccc(-c2cc(-c3ccc(N(c4ccccc4)c4ccccc4)cc3)c(-c3ccccc3)c3ccccc23)cc1. The highest BCUT2D eigenvalue weighted by Crippen LogP contribution is 2.44. The minimum atomic E-state index is 1.12. The Labute approximate surface area is 241 Å². The van der Waals surface area contributed by atoms with E-state index in [0.717, 1.165) is 17.1 Å². The van der Waals surface area contributed by atoms with Crippen LogP contribution >= 0.6 is 0 Å². The van der Waals surface area contributed by atoms with Crippen molar-refractivity contribution in [2.45, 2.75) is 0 Å². The Hall–Kier alpha value is -5.40. The fourth-order valence-electron chi connectivity index (χ4n) is 5.77. The Bertz CT molecular complexity index is 1850. The van der Waals surface area contributed by atoms with Gasteiger partial charge in [-0.25, -0.2) is 0 Å². The van der Waals surface area contributed by atoms with E-state index in [1.54, 1.807) is 0 Å². The average molecular weight is 524 g/mol. The maximum Gasteiger partial charge on any atom is 0.0462 e. The van der Waals surface area contributed by atoms with Crippen LogP contribution in [0.25, 0.3) is 44.2 Å². The number of nitrogens with zero attached hydrogens (tertiary/aromatic N) is 1. The second kappa shape index (κ2) is 11.0. The summed E-state index contributed by atoms with van der Waals surface area (Å²) in [6.45, 7) is 0. The van der Waals surface area contributed by atoms with Gasteiger partial charge in [-0.05, 0) is 86.6 Å². The zero-order valence-corrected chi connectivity index (χ0v) is 22.7. The molecule has 194 valence electrons. The largest absolute Gasteiger partial charge is 0.311 e. The fourth-order valence-corrected chi connectivity index (χ4v) is 5.77. The number of para-hydroxylation sites is 2. The lowest BCUT2D eigenvalue weighted by Crippen LogP contribution is -2.09. The van der Waals surface area contributed by atoms with Crippen LogP contribution in [0.4, 0.5) is 17.1 Å². The zero-order valence-electron chi connectivity index (χ0n) is 22.7. The van der Waals surface area contributed by atoms with Gasteiger partial charge in [0.2, 0.25) is 0 Å². The van der Waals surface area contributed by atoms with Crippen LogP contribution in [0.1, 0.15) is 0 Å². The van der Waals surface area contributed by atoms with Crippen molar-refractivity contribution in [3.8, 4) is 33.4 Å². The lowest BCUT2D eigenvalue weighted by molar-refractivity contribution is 1.28. The molecular formula is C40H29N. The normalized spacial score (nSPS) is 10.9. The second-order valence-corrected chi connectivity index (χ2v) is 10.2. The standard InChI is InChI=1S/C40H29N/c1-5-15-30(16-6-1)38-29-39(40(32-17-7-2-8-18-32)37-24-14-13-23-36(37)38)31-25-27-35(28-26-31)41(33-19-9-3-10-20-33)34-21-11-4-12-22-34/h1-29H. The van der Waals surface area contributed by atoms with E-state index in [1.807, 2.05) is 0 Å². The van der Waals surface area contributed by atoms with E-state index < -0.39 is 0 Å². The maximum atomic E-state index is 2.38. The van der Waals surface area contributed by atoms with Crippen LogP contribution < -0.4 is 4.90 Å². The molecule has 0 saturated carbocycles. The lowest BCUT2D eigenvalue weighted by atomic mass is 9.85. The van der Waals surface area contributed by atoms with Crippen molar-refractivity contribution in [2.75, 3.05) is 4.90 Å². The first-order valence-electron chi connectivity index (χ1n) is 14.0. The van der Waals surface area contributed by atoms with Gasteiger partial charge in [0.25, 0.3) is 0 Å². The molecule has 7 rings (SSSR count). The van der Waals surface area contributed by atoms with E-state index >= 15 is 0 Å². The van der Waals surface area contributed by atoms with E-state index in [9.17, 15) is 0 Å². The maximum absolute atomic E-state index is 2.38. The van der Waals surface area contributed by atoms with Gasteiger partial charge >= 0.3 is 0 Å². The molecule has 0 N–H and O–H groups in total. The summed E-state index contributed by atoms with van der Waals surface area (Å²) in [5.74, 6) is 0. The molecule has 0 heterocycles. The third kappa shape index (κ3) is 4.79. The molecular weight excluding hydrogens is 494 g/mol. The van der Waals surface area contributed by atoms with Crippen LogP contribution in [0.3, 0.4) is 0 Å². The number of rotatable bonds is 6. The van der Waals surface area contributed by atoms with Crippen LogP contribution in [-0.2, 0) is 0 Å². The molecule has 0 aromatic heterocycles. The van der Waals surface area contributed by atoms with Crippen LogP contribution in [0, 0.1) is 0 Å². The van der Waals surface area contributed by atoms with Gasteiger partial charge < -0.3 is 4.90 Å². The molecule has 1 nitrogen and oxygen atoms in total. The molecule has 7 aromatic rings. The first-order valence-corrected chi connectivity index (χ1v) is 14.0. The topological polar surface area (TPSA) is 3.24 Å². The molecule has 0 aliphatic rings. The molecule has 0 aliphatic carbocycles.